The summed E-state index contributed by atoms with van der Waals surface area (Å²) >= 11 is 0. The third-order valence-corrected chi connectivity index (χ3v) is 4.05. The highest BCUT2D eigenvalue weighted by Gasteiger charge is 2.29. The number of hydrogen-bond acceptors (Lipinski definition) is 5. The van der Waals surface area contributed by atoms with Gasteiger partial charge in [0.1, 0.15) is 5.56 Å². The molecule has 0 spiro atoms. The van der Waals surface area contributed by atoms with E-state index in [9.17, 15) is 19.5 Å². The summed E-state index contributed by atoms with van der Waals surface area (Å²) < 4.78 is 0. The van der Waals surface area contributed by atoms with Gasteiger partial charge in [-0.05, 0) is 50.1 Å². The van der Waals surface area contributed by atoms with Gasteiger partial charge < -0.3 is 5.11 Å². The number of hydrogen-bond donors (Lipinski definition) is 3. The van der Waals surface area contributed by atoms with E-state index in [1.807, 2.05) is 31.0 Å². The average Bonchev–Trinajstić information content (AvgIpc) is 2.81. The second-order valence-corrected chi connectivity index (χ2v) is 5.80. The van der Waals surface area contributed by atoms with Crippen molar-refractivity contribution >= 4 is 23.4 Å². The number of carbonyl (C=O) groups excluding carboxylic acids is 1. The first-order valence-electron chi connectivity index (χ1n) is 7.52. The van der Waals surface area contributed by atoms with Crippen molar-refractivity contribution < 1.29 is 9.90 Å². The van der Waals surface area contributed by atoms with Gasteiger partial charge in [-0.25, -0.2) is 4.79 Å². The number of amides is 1. The number of aromatic amines is 2. The summed E-state index contributed by atoms with van der Waals surface area (Å²) in [6.07, 6.45) is 1.21. The Morgan fingerprint density at radius 1 is 1.08 bits per heavy atom. The Hall–Kier alpha value is -3.42. The van der Waals surface area contributed by atoms with Crippen LogP contribution in [0.5, 0.6) is 5.88 Å². The second-order valence-electron chi connectivity index (χ2n) is 5.80. The minimum absolute atomic E-state index is 0.158. The van der Waals surface area contributed by atoms with E-state index in [4.69, 9.17) is 0 Å². The topological polar surface area (TPSA) is 119 Å². The van der Waals surface area contributed by atoms with E-state index in [-0.39, 0.29) is 11.1 Å². The van der Waals surface area contributed by atoms with E-state index in [2.05, 4.69) is 10.1 Å². The SMILES string of the molecule is CC1=NN(c2ccc(C)c(C)c2)C(=O)C1=Cc1c(O)[nH]c(=O)[nH]c1=O. The van der Waals surface area contributed by atoms with Crippen molar-refractivity contribution in [3.05, 3.63) is 61.3 Å². The van der Waals surface area contributed by atoms with Crippen LogP contribution in [-0.4, -0.2) is 26.7 Å². The number of rotatable bonds is 2. The highest BCUT2D eigenvalue weighted by Crippen LogP contribution is 2.26. The molecule has 0 fully saturated rings. The zero-order chi connectivity index (χ0) is 18.3. The van der Waals surface area contributed by atoms with Crippen LogP contribution in [0.25, 0.3) is 6.08 Å². The Morgan fingerprint density at radius 2 is 1.80 bits per heavy atom. The summed E-state index contributed by atoms with van der Waals surface area (Å²) in [7, 11) is 0. The Balaban J connectivity index is 2.05. The molecule has 0 radical (unpaired) electrons. The van der Waals surface area contributed by atoms with Gasteiger partial charge in [0.25, 0.3) is 11.5 Å². The number of nitrogens with zero attached hydrogens (tertiary/aromatic N) is 2. The molecule has 8 nitrogen and oxygen atoms in total. The van der Waals surface area contributed by atoms with E-state index in [1.165, 1.54) is 11.1 Å². The van der Waals surface area contributed by atoms with Crippen LogP contribution in [0, 0.1) is 13.8 Å². The molecule has 2 aromatic rings. The molecule has 2 heterocycles. The summed E-state index contributed by atoms with van der Waals surface area (Å²) in [5.41, 5.74) is 1.44. The summed E-state index contributed by atoms with van der Waals surface area (Å²) in [6.45, 7) is 5.53. The number of aromatic hydroxyl groups is 1. The molecule has 0 bridgehead atoms. The van der Waals surface area contributed by atoms with Gasteiger partial charge in [-0.2, -0.15) is 10.1 Å². The molecule has 25 heavy (non-hydrogen) atoms. The number of benzene rings is 1. The van der Waals surface area contributed by atoms with Crippen LogP contribution in [0.4, 0.5) is 5.69 Å². The number of nitrogens with one attached hydrogen (secondary N) is 2. The van der Waals surface area contributed by atoms with Gasteiger partial charge in [-0.15, -0.1) is 0 Å². The van der Waals surface area contributed by atoms with Crippen LogP contribution < -0.4 is 16.3 Å². The summed E-state index contributed by atoms with van der Waals surface area (Å²) in [4.78, 5) is 39.7. The van der Waals surface area contributed by atoms with Gasteiger partial charge in [-0.1, -0.05) is 6.07 Å². The number of carbonyl (C=O) groups is 1. The fourth-order valence-electron chi connectivity index (χ4n) is 2.48. The van der Waals surface area contributed by atoms with Crippen LogP contribution >= 0.6 is 0 Å². The van der Waals surface area contributed by atoms with Crippen LogP contribution in [0.3, 0.4) is 0 Å². The quantitative estimate of drug-likeness (QED) is 0.712. The molecule has 1 aromatic carbocycles. The standard InChI is InChI=1S/C17H16N4O4/c1-8-4-5-11(6-9(8)2)21-16(24)12(10(3)20-21)7-13-14(22)18-17(25)19-15(13)23/h4-7H,1-3H3,(H3,18,19,22,23,25). The Labute approximate surface area is 142 Å². The van der Waals surface area contributed by atoms with Crippen LogP contribution in [0.2, 0.25) is 0 Å². The lowest BCUT2D eigenvalue weighted by atomic mass is 10.1. The number of H-pyrrole nitrogens is 2. The van der Waals surface area contributed by atoms with Crippen molar-refractivity contribution in [2.24, 2.45) is 5.10 Å². The fourth-order valence-corrected chi connectivity index (χ4v) is 2.48. The lowest BCUT2D eigenvalue weighted by Gasteiger charge is -2.13. The first-order chi connectivity index (χ1) is 11.8. The summed E-state index contributed by atoms with van der Waals surface area (Å²) in [5, 5.41) is 15.2. The lowest BCUT2D eigenvalue weighted by Crippen LogP contribution is -2.25. The molecule has 1 aliphatic heterocycles. The van der Waals surface area contributed by atoms with Crippen molar-refractivity contribution in [3.63, 3.8) is 0 Å². The van der Waals surface area contributed by atoms with Gasteiger partial charge in [0, 0.05) is 0 Å². The van der Waals surface area contributed by atoms with Gasteiger partial charge >= 0.3 is 5.69 Å². The maximum absolute atomic E-state index is 12.7. The van der Waals surface area contributed by atoms with E-state index >= 15 is 0 Å². The Kier molecular flexibility index (Phi) is 3.88. The zero-order valence-corrected chi connectivity index (χ0v) is 13.9. The molecular formula is C17H16N4O4. The maximum Gasteiger partial charge on any atom is 0.328 e. The Morgan fingerprint density at radius 3 is 2.44 bits per heavy atom. The van der Waals surface area contributed by atoms with Gasteiger partial charge in [0.2, 0.25) is 5.88 Å². The van der Waals surface area contributed by atoms with Crippen LogP contribution in [0.1, 0.15) is 23.6 Å². The minimum atomic E-state index is -0.829. The van der Waals surface area contributed by atoms with Crippen molar-refractivity contribution in [2.45, 2.75) is 20.8 Å². The molecule has 1 aromatic heterocycles. The van der Waals surface area contributed by atoms with Crippen molar-refractivity contribution in [1.29, 1.82) is 0 Å². The third-order valence-electron chi connectivity index (χ3n) is 4.05. The van der Waals surface area contributed by atoms with E-state index < -0.39 is 23.0 Å². The zero-order valence-electron chi connectivity index (χ0n) is 13.9. The van der Waals surface area contributed by atoms with E-state index in [1.54, 1.807) is 13.0 Å². The molecule has 1 amide bonds. The summed E-state index contributed by atoms with van der Waals surface area (Å²) in [5.74, 6) is -1.03. The van der Waals surface area contributed by atoms with E-state index in [0.29, 0.717) is 11.4 Å². The number of anilines is 1. The highest BCUT2D eigenvalue weighted by molar-refractivity contribution is 6.32. The molecule has 3 N–H and O–H groups in total. The fraction of sp³-hybridized carbons (Fsp3) is 0.176. The molecule has 0 unspecified atom stereocenters. The molecule has 0 saturated heterocycles. The van der Waals surface area contributed by atoms with Crippen LogP contribution in [0.15, 0.2) is 38.5 Å². The molecule has 0 aliphatic carbocycles. The molecule has 3 rings (SSSR count). The monoisotopic (exact) mass is 340 g/mol. The number of hydrazone groups is 1. The molecule has 0 atom stereocenters. The van der Waals surface area contributed by atoms with Gasteiger partial charge in [0.05, 0.1) is 17.0 Å². The lowest BCUT2D eigenvalue weighted by molar-refractivity contribution is -0.114. The second kappa shape index (κ2) is 5.90. The van der Waals surface area contributed by atoms with Gasteiger partial charge in [0.15, 0.2) is 0 Å². The predicted molar refractivity (Wildman–Crippen MR) is 93.8 cm³/mol. The molecule has 1 aliphatic rings. The molecular weight excluding hydrogens is 324 g/mol. The minimum Gasteiger partial charge on any atom is -0.494 e. The first-order valence-corrected chi connectivity index (χ1v) is 7.52. The Bertz CT molecular complexity index is 1060. The summed E-state index contributed by atoms with van der Waals surface area (Å²) in [6, 6.07) is 5.52. The normalized spacial score (nSPS) is 15.8. The van der Waals surface area contributed by atoms with Gasteiger partial charge in [-0.3, -0.25) is 19.6 Å². The van der Waals surface area contributed by atoms with Crippen molar-refractivity contribution in [1.82, 2.24) is 9.97 Å². The smallest absolute Gasteiger partial charge is 0.328 e. The molecule has 0 saturated carbocycles. The van der Waals surface area contributed by atoms with E-state index in [0.717, 1.165) is 11.1 Å². The first kappa shape index (κ1) is 16.4. The van der Waals surface area contributed by atoms with Crippen molar-refractivity contribution in [2.75, 3.05) is 5.01 Å². The largest absolute Gasteiger partial charge is 0.494 e. The molecule has 128 valence electrons. The molecule has 8 heteroatoms. The average molecular weight is 340 g/mol. The van der Waals surface area contributed by atoms with Crippen molar-refractivity contribution in [3.8, 4) is 5.88 Å². The predicted octanol–water partition coefficient (Wildman–Crippen LogP) is 1.19. The number of aryl methyl sites for hydroxylation is 2. The number of aromatic nitrogens is 2. The third kappa shape index (κ3) is 2.89. The maximum atomic E-state index is 12.7. The highest BCUT2D eigenvalue weighted by atomic mass is 16.3. The van der Waals surface area contributed by atoms with Crippen LogP contribution in [-0.2, 0) is 4.79 Å².